The number of hydrogen-bond donors (Lipinski definition) is 2. The van der Waals surface area contributed by atoms with Crippen LogP contribution < -0.4 is 5.32 Å². The number of phenols is 1. The molecule has 18 heavy (non-hydrogen) atoms. The molecule has 0 aliphatic carbocycles. The third-order valence-corrected chi connectivity index (χ3v) is 3.37. The van der Waals surface area contributed by atoms with Gasteiger partial charge in [-0.25, -0.2) is 4.39 Å². The maximum Gasteiger partial charge on any atom is 0.174 e. The first-order valence-electron chi connectivity index (χ1n) is 5.55. The minimum atomic E-state index is -0.613. The predicted octanol–water partition coefficient (Wildman–Crippen LogP) is 3.87. The van der Waals surface area contributed by atoms with Gasteiger partial charge < -0.3 is 10.4 Å². The number of benzene rings is 2. The smallest absolute Gasteiger partial charge is 0.174 e. The normalized spacial score (nSPS) is 10.3. The molecule has 0 aliphatic heterocycles. The average molecular weight is 263 g/mol. The van der Waals surface area contributed by atoms with E-state index in [0.717, 1.165) is 5.56 Å². The van der Waals surface area contributed by atoms with E-state index >= 15 is 0 Å². The van der Waals surface area contributed by atoms with E-state index in [1.165, 1.54) is 11.0 Å². The Morgan fingerprint density at radius 3 is 2.56 bits per heavy atom. The van der Waals surface area contributed by atoms with Gasteiger partial charge in [0.1, 0.15) is 0 Å². The van der Waals surface area contributed by atoms with Gasteiger partial charge in [0, 0.05) is 11.4 Å². The molecule has 0 aliphatic rings. The number of phenolic OH excluding ortho intramolecular Hbond substituents is 1. The first kappa shape index (κ1) is 12.8. The van der Waals surface area contributed by atoms with Crippen LogP contribution in [-0.2, 0) is 6.54 Å². The van der Waals surface area contributed by atoms with Crippen molar-refractivity contribution < 1.29 is 9.50 Å². The van der Waals surface area contributed by atoms with Gasteiger partial charge in [-0.15, -0.1) is 11.8 Å². The van der Waals surface area contributed by atoms with Crippen molar-refractivity contribution in [2.24, 2.45) is 0 Å². The van der Waals surface area contributed by atoms with Gasteiger partial charge in [0.05, 0.1) is 5.69 Å². The lowest BCUT2D eigenvalue weighted by Crippen LogP contribution is -2.00. The SMILES string of the molecule is CSc1ccc(CNc2cccc(F)c2O)cc1. The molecular weight excluding hydrogens is 249 g/mol. The van der Waals surface area contributed by atoms with E-state index in [4.69, 9.17) is 0 Å². The van der Waals surface area contributed by atoms with E-state index in [-0.39, 0.29) is 5.75 Å². The second kappa shape index (κ2) is 5.78. The van der Waals surface area contributed by atoms with E-state index in [1.54, 1.807) is 23.9 Å². The van der Waals surface area contributed by atoms with Crippen LogP contribution in [0.5, 0.6) is 5.75 Å². The Kier molecular flexibility index (Phi) is 4.10. The monoisotopic (exact) mass is 263 g/mol. The fourth-order valence-electron chi connectivity index (χ4n) is 1.60. The van der Waals surface area contributed by atoms with E-state index in [1.807, 2.05) is 30.5 Å². The third kappa shape index (κ3) is 2.96. The Labute approximate surface area is 110 Å². The van der Waals surface area contributed by atoms with Gasteiger partial charge in [-0.2, -0.15) is 0 Å². The quantitative estimate of drug-likeness (QED) is 0.649. The summed E-state index contributed by atoms with van der Waals surface area (Å²) in [5.74, 6) is -0.948. The molecule has 0 radical (unpaired) electrons. The van der Waals surface area contributed by atoms with Crippen molar-refractivity contribution in [2.75, 3.05) is 11.6 Å². The van der Waals surface area contributed by atoms with E-state index in [0.29, 0.717) is 12.2 Å². The number of rotatable bonds is 4. The Hall–Kier alpha value is -1.68. The van der Waals surface area contributed by atoms with Gasteiger partial charge in [-0.05, 0) is 36.1 Å². The van der Waals surface area contributed by atoms with E-state index < -0.39 is 5.82 Å². The molecule has 2 aromatic rings. The molecule has 0 saturated heterocycles. The van der Waals surface area contributed by atoms with Crippen LogP contribution in [0.15, 0.2) is 47.4 Å². The third-order valence-electron chi connectivity index (χ3n) is 2.63. The zero-order valence-corrected chi connectivity index (χ0v) is 10.8. The number of nitrogens with one attached hydrogen (secondary N) is 1. The summed E-state index contributed by atoms with van der Waals surface area (Å²) in [5.41, 5.74) is 1.49. The molecule has 2 aromatic carbocycles. The molecule has 0 heterocycles. The van der Waals surface area contributed by atoms with Crippen LogP contribution in [0.25, 0.3) is 0 Å². The fourth-order valence-corrected chi connectivity index (χ4v) is 2.01. The highest BCUT2D eigenvalue weighted by Gasteiger charge is 2.05. The molecule has 0 unspecified atom stereocenters. The van der Waals surface area contributed by atoms with Crippen LogP contribution in [0.3, 0.4) is 0 Å². The Morgan fingerprint density at radius 2 is 1.89 bits per heavy atom. The van der Waals surface area contributed by atoms with Gasteiger partial charge in [0.2, 0.25) is 0 Å². The summed E-state index contributed by atoms with van der Waals surface area (Å²) in [5, 5.41) is 12.5. The topological polar surface area (TPSA) is 32.3 Å². The molecule has 0 atom stereocenters. The van der Waals surface area contributed by atoms with Gasteiger partial charge >= 0.3 is 0 Å². The lowest BCUT2D eigenvalue weighted by molar-refractivity contribution is 0.434. The Morgan fingerprint density at radius 1 is 1.17 bits per heavy atom. The number of aromatic hydroxyl groups is 1. The second-order valence-electron chi connectivity index (χ2n) is 3.84. The molecule has 0 fully saturated rings. The summed E-state index contributed by atoms with van der Waals surface area (Å²) in [6.07, 6.45) is 2.03. The summed E-state index contributed by atoms with van der Waals surface area (Å²) < 4.78 is 13.1. The van der Waals surface area contributed by atoms with Crippen LogP contribution in [-0.4, -0.2) is 11.4 Å². The lowest BCUT2D eigenvalue weighted by atomic mass is 10.2. The van der Waals surface area contributed by atoms with Crippen molar-refractivity contribution in [1.29, 1.82) is 0 Å². The minimum Gasteiger partial charge on any atom is -0.503 e. The molecule has 2 nitrogen and oxygen atoms in total. The molecule has 94 valence electrons. The molecule has 0 saturated carbocycles. The van der Waals surface area contributed by atoms with Gasteiger partial charge in [-0.1, -0.05) is 18.2 Å². The maximum absolute atomic E-state index is 13.1. The molecule has 0 spiro atoms. The number of para-hydroxylation sites is 1. The standard InChI is InChI=1S/C14H14FNOS/c1-18-11-7-5-10(6-8-11)9-16-13-4-2-3-12(15)14(13)17/h2-8,16-17H,9H2,1H3. The van der Waals surface area contributed by atoms with Crippen molar-refractivity contribution in [3.05, 3.63) is 53.8 Å². The molecule has 2 N–H and O–H groups in total. The van der Waals surface area contributed by atoms with E-state index in [2.05, 4.69) is 5.32 Å². The van der Waals surface area contributed by atoms with Crippen LogP contribution >= 0.6 is 11.8 Å². The van der Waals surface area contributed by atoms with E-state index in [9.17, 15) is 9.50 Å². The summed E-state index contributed by atoms with van der Waals surface area (Å²) >= 11 is 1.69. The largest absolute Gasteiger partial charge is 0.503 e. The van der Waals surface area contributed by atoms with Crippen molar-refractivity contribution in [2.45, 2.75) is 11.4 Å². The molecular formula is C14H14FNOS. The molecule has 0 bridgehead atoms. The van der Waals surface area contributed by atoms with Crippen molar-refractivity contribution in [3.8, 4) is 5.75 Å². The number of hydrogen-bond acceptors (Lipinski definition) is 3. The maximum atomic E-state index is 13.1. The number of anilines is 1. The van der Waals surface area contributed by atoms with Crippen LogP contribution in [0.2, 0.25) is 0 Å². The van der Waals surface area contributed by atoms with Crippen molar-refractivity contribution >= 4 is 17.4 Å². The highest BCUT2D eigenvalue weighted by Crippen LogP contribution is 2.26. The van der Waals surface area contributed by atoms with Crippen LogP contribution in [0.4, 0.5) is 10.1 Å². The first-order valence-corrected chi connectivity index (χ1v) is 6.77. The van der Waals surface area contributed by atoms with Gasteiger partial charge in [-0.3, -0.25) is 0 Å². The zero-order valence-electron chi connectivity index (χ0n) is 9.98. The second-order valence-corrected chi connectivity index (χ2v) is 4.72. The van der Waals surface area contributed by atoms with Gasteiger partial charge in [0.15, 0.2) is 11.6 Å². The molecule has 0 aromatic heterocycles. The van der Waals surface area contributed by atoms with Crippen molar-refractivity contribution in [1.82, 2.24) is 0 Å². The Bertz CT molecular complexity index is 528. The highest BCUT2D eigenvalue weighted by atomic mass is 32.2. The minimum absolute atomic E-state index is 0.335. The highest BCUT2D eigenvalue weighted by molar-refractivity contribution is 7.98. The number of thioether (sulfide) groups is 1. The summed E-state index contributed by atoms with van der Waals surface area (Å²) in [6.45, 7) is 0.547. The Balaban J connectivity index is 2.04. The average Bonchev–Trinajstić information content (AvgIpc) is 2.41. The fraction of sp³-hybridized carbons (Fsp3) is 0.143. The summed E-state index contributed by atoms with van der Waals surface area (Å²) in [7, 11) is 0. The van der Waals surface area contributed by atoms with Crippen molar-refractivity contribution in [3.63, 3.8) is 0 Å². The molecule has 0 amide bonds. The number of halogens is 1. The predicted molar refractivity (Wildman–Crippen MR) is 73.6 cm³/mol. The lowest BCUT2D eigenvalue weighted by Gasteiger charge is -2.09. The molecule has 4 heteroatoms. The summed E-state index contributed by atoms with van der Waals surface area (Å²) in [6, 6.07) is 12.5. The van der Waals surface area contributed by atoms with Crippen LogP contribution in [0, 0.1) is 5.82 Å². The zero-order chi connectivity index (χ0) is 13.0. The summed E-state index contributed by atoms with van der Waals surface area (Å²) in [4.78, 5) is 1.20. The molecule has 2 rings (SSSR count). The first-order chi connectivity index (χ1) is 8.70. The van der Waals surface area contributed by atoms with Crippen LogP contribution in [0.1, 0.15) is 5.56 Å². The van der Waals surface area contributed by atoms with Gasteiger partial charge in [0.25, 0.3) is 0 Å².